The van der Waals surface area contributed by atoms with Crippen molar-refractivity contribution in [3.8, 4) is 57.2 Å². The lowest BCUT2D eigenvalue weighted by Crippen LogP contribution is -2.50. The summed E-state index contributed by atoms with van der Waals surface area (Å²) in [7, 11) is 3.21. The highest BCUT2D eigenvalue weighted by Gasteiger charge is 2.32. The average molecular weight is 1810 g/mol. The van der Waals surface area contributed by atoms with Gasteiger partial charge in [0.05, 0.1) is 14.2 Å². The maximum atomic E-state index is 13.7. The second kappa shape index (κ2) is 44.7. The van der Waals surface area contributed by atoms with E-state index >= 15 is 0 Å². The van der Waals surface area contributed by atoms with Gasteiger partial charge in [0.25, 0.3) is 0 Å². The van der Waals surface area contributed by atoms with Crippen molar-refractivity contribution in [1.82, 2.24) is 109 Å². The van der Waals surface area contributed by atoms with Crippen molar-refractivity contribution in [2.45, 2.75) is 159 Å². The third kappa shape index (κ3) is 23.9. The molecule has 4 aromatic carbocycles. The molecule has 0 N–H and O–H groups in total. The van der Waals surface area contributed by atoms with Crippen molar-refractivity contribution >= 4 is 47.0 Å². The number of aryl methyl sites for hydroxylation is 4. The minimum atomic E-state index is -0.264. The fourth-order valence-corrected chi connectivity index (χ4v) is 15.6. The molecule has 4 aliphatic rings. The highest BCUT2D eigenvalue weighted by Crippen LogP contribution is 2.32. The molecule has 0 aliphatic carbocycles. The maximum Gasteiger partial charge on any atom is 0.244 e. The molecule has 12 heterocycles. The van der Waals surface area contributed by atoms with Gasteiger partial charge in [-0.05, 0) is 173 Å². The van der Waals surface area contributed by atoms with Gasteiger partial charge in [0, 0.05) is 188 Å². The van der Waals surface area contributed by atoms with Crippen molar-refractivity contribution in [1.29, 1.82) is 0 Å². The minimum absolute atomic E-state index is 0.00351. The Morgan fingerprint density at radius 3 is 0.947 bits per heavy atom. The monoisotopic (exact) mass is 1810 g/mol. The normalized spacial score (nSPS) is 15.0. The lowest BCUT2D eigenvalue weighted by atomic mass is 10.1. The topological polar surface area (TPSA) is 313 Å². The number of aromatic nitrogens is 18. The summed E-state index contributed by atoms with van der Waals surface area (Å²) in [6.45, 7) is 34.5. The van der Waals surface area contributed by atoms with Crippen LogP contribution < -0.4 is 29.1 Å². The number of methoxy groups -OCH3 is 2. The summed E-state index contributed by atoms with van der Waals surface area (Å²) in [5.41, 5.74) is 5.15. The number of carbonyl (C=O) groups excluding carboxylic acids is 4. The number of halogens is 4. The molecule has 0 bridgehead atoms. The molecule has 696 valence electrons. The second-order valence-corrected chi connectivity index (χ2v) is 33.6. The molecule has 4 amide bonds. The van der Waals surface area contributed by atoms with E-state index in [9.17, 15) is 36.7 Å². The summed E-state index contributed by atoms with van der Waals surface area (Å²) in [6.07, 6.45) is 12.0. The molecular weight excluding hydrogens is 1690 g/mol. The Bertz CT molecular complexity index is 5530. The summed E-state index contributed by atoms with van der Waals surface area (Å²) in [6, 6.07) is 32.5. The first-order valence-electron chi connectivity index (χ1n) is 45.2. The van der Waals surface area contributed by atoms with Crippen LogP contribution in [0.5, 0.6) is 11.6 Å². The van der Waals surface area contributed by atoms with Crippen LogP contribution in [0.2, 0.25) is 0 Å². The molecule has 4 saturated heterocycles. The van der Waals surface area contributed by atoms with Crippen LogP contribution in [-0.4, -0.2) is 251 Å². The zero-order valence-electron chi connectivity index (χ0n) is 77.7. The van der Waals surface area contributed by atoms with Crippen LogP contribution in [0.25, 0.3) is 45.6 Å². The molecule has 12 aromatic rings. The van der Waals surface area contributed by atoms with E-state index in [2.05, 4.69) is 125 Å². The van der Waals surface area contributed by atoms with Crippen LogP contribution in [0.1, 0.15) is 150 Å². The molecule has 36 heteroatoms. The van der Waals surface area contributed by atoms with E-state index in [1.54, 1.807) is 146 Å². The number of nitrogens with zero attached hydrogens (tertiary/aromatic N) is 26. The SMILES string of the molecule is CCC(C)c1nc(-c2ccc(F)c(C)c2)nn1CC(=O)N1CCN(c2cc(OC)ccn2)CC1.CCC(C)c1nc(-c2ccc(F)c(C)c2)nn1CC(=O)N1CCN(c2cc(OC)ncn2)CC1.CCC(C)c1nc(-c2ccc(F)c(C)c2)nn1CC(=O)N1CCN(c2ccccn2)CC1.CCC(C)c1nc(-c2ccc(F)c(C)c2)nn1CC(=O)N1CCN(c2ncccn2)CC1. The standard InChI is InChI=1S/C25H31FN6O2.C24H30FN7O2.C24H29FN6O.C23H28FN7O/c1-5-17(2)25-28-24(19-6-7-21(26)18(3)14-19)29-32(25)16-23(33)31-12-10-30(11-13-31)22-15-20(34-4)8-9-27-22;1-5-16(2)24-28-23(18-6-7-19(25)17(3)12-18)29-32(24)14-22(33)31-10-8-30(9-11-31)20-13-21(34-4)27-15-26-20;1-4-17(2)24-27-23(19-8-9-20(25)18(3)15-19)28-31(24)16-22(32)30-13-11-29(12-14-30)21-7-5-6-10-26-21;1-4-16(2)22-27-21(18-6-7-19(24)17(3)14-18)28-31(22)15-20(32)29-10-12-30(13-11-29)23-25-8-5-9-26-23/h6-9,14-15,17H,5,10-13,16H2,1-4H3;6-7,12-13,15-16H,5,8-11,14H2,1-4H3;5-10,15,17H,4,11-14,16H2,1-3H3;5-9,14,16H,4,10-13,15H2,1-3H3. The van der Waals surface area contributed by atoms with Crippen molar-refractivity contribution in [3.05, 3.63) is 215 Å². The maximum absolute atomic E-state index is 13.7. The van der Waals surface area contributed by atoms with Crippen LogP contribution in [0.3, 0.4) is 0 Å². The Balaban J connectivity index is 0.000000150. The van der Waals surface area contributed by atoms with E-state index in [1.807, 2.05) is 49.9 Å². The van der Waals surface area contributed by atoms with Gasteiger partial charge in [-0.15, -0.1) is 0 Å². The van der Waals surface area contributed by atoms with E-state index < -0.39 is 0 Å². The molecule has 4 aliphatic heterocycles. The molecule has 16 rings (SSSR count). The Hall–Kier alpha value is -13.7. The Kier molecular flexibility index (Phi) is 32.5. The first-order valence-corrected chi connectivity index (χ1v) is 45.2. The molecular formula is C96H118F4N26O6. The number of anilines is 4. The molecule has 4 fully saturated rings. The number of pyridine rings is 2. The largest absolute Gasteiger partial charge is 0.497 e. The summed E-state index contributed by atoms with van der Waals surface area (Å²) in [5, 5.41) is 18.5. The Labute approximate surface area is 767 Å². The van der Waals surface area contributed by atoms with E-state index in [1.165, 1.54) is 30.6 Å². The molecule has 8 aromatic heterocycles. The number of amides is 4. The fourth-order valence-electron chi connectivity index (χ4n) is 15.6. The van der Waals surface area contributed by atoms with Gasteiger partial charge in [-0.25, -0.2) is 86.1 Å². The molecule has 0 radical (unpaired) electrons. The van der Waals surface area contributed by atoms with Crippen LogP contribution in [0, 0.1) is 51.0 Å². The van der Waals surface area contributed by atoms with E-state index in [0.717, 1.165) is 108 Å². The van der Waals surface area contributed by atoms with Crippen molar-refractivity contribution in [3.63, 3.8) is 0 Å². The minimum Gasteiger partial charge on any atom is -0.497 e. The van der Waals surface area contributed by atoms with Crippen LogP contribution in [-0.2, 0) is 45.4 Å². The molecule has 0 saturated carbocycles. The summed E-state index contributed by atoms with van der Waals surface area (Å²) >= 11 is 0. The highest BCUT2D eigenvalue weighted by atomic mass is 19.1. The average Bonchev–Trinajstić information content (AvgIpc) is 1.66. The van der Waals surface area contributed by atoms with Gasteiger partial charge in [0.15, 0.2) is 23.3 Å². The molecule has 0 spiro atoms. The first kappa shape index (κ1) is 95.9. The zero-order chi connectivity index (χ0) is 93.8. The van der Waals surface area contributed by atoms with Crippen molar-refractivity contribution in [2.24, 2.45) is 0 Å². The summed E-state index contributed by atoms with van der Waals surface area (Å²) < 4.78 is 72.1. The van der Waals surface area contributed by atoms with Gasteiger partial charge < -0.3 is 48.7 Å². The quantitative estimate of drug-likeness (QED) is 0.0455. The number of carbonyl (C=O) groups is 4. The van der Waals surface area contributed by atoms with Gasteiger partial charge in [0.1, 0.15) is 102 Å². The van der Waals surface area contributed by atoms with E-state index in [4.69, 9.17) is 29.4 Å². The number of ether oxygens (including phenoxy) is 2. The molecule has 132 heavy (non-hydrogen) atoms. The third-order valence-corrected chi connectivity index (χ3v) is 24.6. The molecule has 32 nitrogen and oxygen atoms in total. The smallest absolute Gasteiger partial charge is 0.244 e. The van der Waals surface area contributed by atoms with Crippen molar-refractivity contribution < 1.29 is 46.2 Å². The van der Waals surface area contributed by atoms with E-state index in [-0.39, 0.29) is 96.7 Å². The van der Waals surface area contributed by atoms with Gasteiger partial charge in [-0.1, -0.05) is 61.5 Å². The lowest BCUT2D eigenvalue weighted by Gasteiger charge is -2.35. The molecule has 4 atom stereocenters. The van der Waals surface area contributed by atoms with E-state index in [0.29, 0.717) is 149 Å². The summed E-state index contributed by atoms with van der Waals surface area (Å²) in [5.74, 6) is 9.29. The second-order valence-electron chi connectivity index (χ2n) is 33.6. The Morgan fingerprint density at radius 2 is 0.644 bits per heavy atom. The van der Waals surface area contributed by atoms with Crippen LogP contribution in [0.15, 0.2) is 146 Å². The zero-order valence-corrected chi connectivity index (χ0v) is 77.7. The predicted octanol–water partition coefficient (Wildman–Crippen LogP) is 13.4. The fraction of sp³-hybridized carbons (Fsp3) is 0.438. The first-order chi connectivity index (χ1) is 63.7. The number of rotatable bonds is 26. The number of hydrogen-bond acceptors (Lipinski definition) is 24. The summed E-state index contributed by atoms with van der Waals surface area (Å²) in [4.78, 5) is 113. The number of piperazine rings is 4. The van der Waals surface area contributed by atoms with Crippen LogP contribution in [0.4, 0.5) is 41.0 Å². The van der Waals surface area contributed by atoms with Gasteiger partial charge in [-0.2, -0.15) is 20.4 Å². The van der Waals surface area contributed by atoms with Crippen LogP contribution >= 0.6 is 0 Å². The van der Waals surface area contributed by atoms with Gasteiger partial charge in [0.2, 0.25) is 35.5 Å². The number of hydrogen-bond donors (Lipinski definition) is 0. The lowest BCUT2D eigenvalue weighted by molar-refractivity contribution is -0.133. The van der Waals surface area contributed by atoms with Gasteiger partial charge >= 0.3 is 0 Å². The third-order valence-electron chi connectivity index (χ3n) is 24.6. The highest BCUT2D eigenvalue weighted by molar-refractivity contribution is 5.79. The molecule has 4 unspecified atom stereocenters. The van der Waals surface area contributed by atoms with Crippen molar-refractivity contribution in [2.75, 3.05) is 139 Å². The number of benzene rings is 4. The van der Waals surface area contributed by atoms with Gasteiger partial charge in [-0.3, -0.25) is 19.2 Å². The Morgan fingerprint density at radius 1 is 0.333 bits per heavy atom. The predicted molar refractivity (Wildman–Crippen MR) is 496 cm³/mol.